The van der Waals surface area contributed by atoms with Gasteiger partial charge in [0.25, 0.3) is 0 Å². The van der Waals surface area contributed by atoms with Gasteiger partial charge in [0.1, 0.15) is 5.82 Å². The molecular weight excluding hydrogens is 226 g/mol. The van der Waals surface area contributed by atoms with E-state index >= 15 is 0 Å². The second kappa shape index (κ2) is 4.57. The van der Waals surface area contributed by atoms with Crippen LogP contribution in [-0.4, -0.2) is 52.5 Å². The average Bonchev–Trinajstić information content (AvgIpc) is 2.39. The van der Waals surface area contributed by atoms with Crippen molar-refractivity contribution < 1.29 is 0 Å². The van der Waals surface area contributed by atoms with Crippen LogP contribution in [0.1, 0.15) is 28.8 Å². The van der Waals surface area contributed by atoms with Gasteiger partial charge in [-0.05, 0) is 13.8 Å². The standard InChI is InChI=1S/C13H21N5/c1-9-11(7-14)10(2)16-13(15-9)12-8-17-3-5-18(12)6-4-17/h12H,3-8,14H2,1-2H3. The summed E-state index contributed by atoms with van der Waals surface area (Å²) < 4.78 is 0. The van der Waals surface area contributed by atoms with E-state index in [4.69, 9.17) is 5.73 Å². The largest absolute Gasteiger partial charge is 0.326 e. The monoisotopic (exact) mass is 247 g/mol. The van der Waals surface area contributed by atoms with Crippen LogP contribution >= 0.6 is 0 Å². The fourth-order valence-corrected chi connectivity index (χ4v) is 3.07. The molecule has 3 aliphatic heterocycles. The number of nitrogens with zero attached hydrogens (tertiary/aromatic N) is 4. The highest BCUT2D eigenvalue weighted by Gasteiger charge is 2.34. The van der Waals surface area contributed by atoms with Crippen LogP contribution in [0.15, 0.2) is 0 Å². The predicted molar refractivity (Wildman–Crippen MR) is 70.2 cm³/mol. The molecule has 1 atom stereocenters. The van der Waals surface area contributed by atoms with Crippen LogP contribution in [-0.2, 0) is 6.54 Å². The fourth-order valence-electron chi connectivity index (χ4n) is 3.07. The summed E-state index contributed by atoms with van der Waals surface area (Å²) in [7, 11) is 0. The third-order valence-corrected chi connectivity index (χ3v) is 4.22. The second-order valence-corrected chi connectivity index (χ2v) is 5.29. The highest BCUT2D eigenvalue weighted by molar-refractivity contribution is 5.25. The molecule has 1 aromatic heterocycles. The van der Waals surface area contributed by atoms with Gasteiger partial charge in [0, 0.05) is 56.2 Å². The molecule has 18 heavy (non-hydrogen) atoms. The average molecular weight is 247 g/mol. The molecule has 2 N–H and O–H groups in total. The van der Waals surface area contributed by atoms with Crippen molar-refractivity contribution in [2.24, 2.45) is 5.73 Å². The molecular formula is C13H21N5. The summed E-state index contributed by atoms with van der Waals surface area (Å²) in [6.45, 7) is 10.3. The topological polar surface area (TPSA) is 58.3 Å². The zero-order valence-electron chi connectivity index (χ0n) is 11.2. The first-order chi connectivity index (χ1) is 8.69. The van der Waals surface area contributed by atoms with Crippen LogP contribution in [0.25, 0.3) is 0 Å². The van der Waals surface area contributed by atoms with Gasteiger partial charge < -0.3 is 5.73 Å². The number of hydrogen-bond donors (Lipinski definition) is 1. The third-order valence-electron chi connectivity index (χ3n) is 4.22. The first kappa shape index (κ1) is 12.0. The number of rotatable bonds is 2. The van der Waals surface area contributed by atoms with Crippen LogP contribution < -0.4 is 5.73 Å². The summed E-state index contributed by atoms with van der Waals surface area (Å²) >= 11 is 0. The summed E-state index contributed by atoms with van der Waals surface area (Å²) in [5.41, 5.74) is 8.91. The van der Waals surface area contributed by atoms with E-state index in [1.807, 2.05) is 13.8 Å². The molecule has 5 nitrogen and oxygen atoms in total. The fraction of sp³-hybridized carbons (Fsp3) is 0.692. The first-order valence-corrected chi connectivity index (χ1v) is 6.69. The van der Waals surface area contributed by atoms with Crippen LogP contribution in [0.2, 0.25) is 0 Å². The molecule has 0 radical (unpaired) electrons. The van der Waals surface area contributed by atoms with Gasteiger partial charge >= 0.3 is 0 Å². The zero-order valence-corrected chi connectivity index (χ0v) is 11.2. The number of hydrogen-bond acceptors (Lipinski definition) is 5. The van der Waals surface area contributed by atoms with Crippen molar-refractivity contribution in [1.82, 2.24) is 19.8 Å². The quantitative estimate of drug-likeness (QED) is 0.810. The lowest BCUT2D eigenvalue weighted by Crippen LogP contribution is -2.57. The lowest BCUT2D eigenvalue weighted by Gasteiger charge is -2.46. The SMILES string of the molecule is Cc1nc(C2CN3CCN2CC3)nc(C)c1CN. The number of piperazine rings is 3. The van der Waals surface area contributed by atoms with Crippen molar-refractivity contribution in [3.8, 4) is 0 Å². The Morgan fingerprint density at radius 3 is 2.17 bits per heavy atom. The molecule has 3 fully saturated rings. The number of nitrogens with two attached hydrogens (primary N) is 1. The predicted octanol–water partition coefficient (Wildman–Crippen LogP) is 0.224. The van der Waals surface area contributed by atoms with Crippen molar-refractivity contribution in [3.63, 3.8) is 0 Å². The molecule has 0 spiro atoms. The van der Waals surface area contributed by atoms with E-state index in [0.29, 0.717) is 12.6 Å². The second-order valence-electron chi connectivity index (χ2n) is 5.29. The highest BCUT2D eigenvalue weighted by atomic mass is 15.4. The summed E-state index contributed by atoms with van der Waals surface area (Å²) in [5, 5.41) is 0. The van der Waals surface area contributed by atoms with Crippen molar-refractivity contribution in [1.29, 1.82) is 0 Å². The molecule has 98 valence electrons. The van der Waals surface area contributed by atoms with Gasteiger partial charge in [0.2, 0.25) is 0 Å². The van der Waals surface area contributed by atoms with Gasteiger partial charge in [0.05, 0.1) is 6.04 Å². The van der Waals surface area contributed by atoms with Gasteiger partial charge in [-0.3, -0.25) is 9.80 Å². The minimum atomic E-state index is 0.372. The Morgan fingerprint density at radius 1 is 1.11 bits per heavy atom. The lowest BCUT2D eigenvalue weighted by molar-refractivity contribution is 0.00850. The highest BCUT2D eigenvalue weighted by Crippen LogP contribution is 2.27. The Bertz CT molecular complexity index is 428. The third kappa shape index (κ3) is 1.92. The minimum absolute atomic E-state index is 0.372. The molecule has 1 unspecified atom stereocenters. The summed E-state index contributed by atoms with van der Waals surface area (Å²) in [4.78, 5) is 14.4. The van der Waals surface area contributed by atoms with E-state index < -0.39 is 0 Å². The lowest BCUT2D eigenvalue weighted by atomic mass is 10.1. The van der Waals surface area contributed by atoms with Gasteiger partial charge in [0.15, 0.2) is 0 Å². The Labute approximate surface area is 108 Å². The van der Waals surface area contributed by atoms with E-state index in [9.17, 15) is 0 Å². The Morgan fingerprint density at radius 2 is 1.72 bits per heavy atom. The number of aryl methyl sites for hydroxylation is 2. The molecule has 2 bridgehead atoms. The smallest absolute Gasteiger partial charge is 0.147 e. The zero-order chi connectivity index (χ0) is 12.7. The minimum Gasteiger partial charge on any atom is -0.326 e. The number of fused-ring (bicyclic) bond motifs is 3. The number of aromatic nitrogens is 2. The summed E-state index contributed by atoms with van der Waals surface area (Å²) in [6.07, 6.45) is 0. The Kier molecular flexibility index (Phi) is 3.05. The molecule has 0 aromatic carbocycles. The van der Waals surface area contributed by atoms with Gasteiger partial charge in [-0.2, -0.15) is 0 Å². The maximum Gasteiger partial charge on any atom is 0.147 e. The van der Waals surface area contributed by atoms with Crippen molar-refractivity contribution in [3.05, 3.63) is 22.8 Å². The molecule has 0 saturated carbocycles. The van der Waals surface area contributed by atoms with Crippen molar-refractivity contribution in [2.45, 2.75) is 26.4 Å². The Hall–Kier alpha value is -1.04. The molecule has 0 amide bonds. The molecule has 5 heteroatoms. The van der Waals surface area contributed by atoms with E-state index in [2.05, 4.69) is 19.8 Å². The van der Waals surface area contributed by atoms with Crippen LogP contribution in [0.4, 0.5) is 0 Å². The summed E-state index contributed by atoms with van der Waals surface area (Å²) in [5.74, 6) is 0.978. The molecule has 1 aromatic rings. The van der Waals surface area contributed by atoms with Crippen molar-refractivity contribution >= 4 is 0 Å². The first-order valence-electron chi connectivity index (χ1n) is 6.69. The van der Waals surface area contributed by atoms with E-state index in [-0.39, 0.29) is 0 Å². The maximum absolute atomic E-state index is 5.74. The van der Waals surface area contributed by atoms with Crippen LogP contribution in [0.3, 0.4) is 0 Å². The maximum atomic E-state index is 5.74. The van der Waals surface area contributed by atoms with E-state index in [1.54, 1.807) is 0 Å². The summed E-state index contributed by atoms with van der Waals surface area (Å²) in [6, 6.07) is 0.372. The van der Waals surface area contributed by atoms with E-state index in [0.717, 1.165) is 42.4 Å². The molecule has 3 aliphatic rings. The molecule has 4 rings (SSSR count). The van der Waals surface area contributed by atoms with Crippen LogP contribution in [0.5, 0.6) is 0 Å². The van der Waals surface area contributed by atoms with Gasteiger partial charge in [-0.15, -0.1) is 0 Å². The Balaban J connectivity index is 1.93. The van der Waals surface area contributed by atoms with Gasteiger partial charge in [-0.1, -0.05) is 0 Å². The normalized spacial score (nSPS) is 30.7. The van der Waals surface area contributed by atoms with E-state index in [1.165, 1.54) is 13.1 Å². The van der Waals surface area contributed by atoms with Gasteiger partial charge in [-0.25, -0.2) is 9.97 Å². The van der Waals surface area contributed by atoms with Crippen LogP contribution in [0, 0.1) is 13.8 Å². The molecule has 4 heterocycles. The molecule has 0 aliphatic carbocycles. The van der Waals surface area contributed by atoms with Crippen molar-refractivity contribution in [2.75, 3.05) is 32.7 Å². The molecule has 3 saturated heterocycles.